The minimum absolute atomic E-state index is 0.0245. The van der Waals surface area contributed by atoms with Gasteiger partial charge in [-0.15, -0.1) is 6.58 Å². The van der Waals surface area contributed by atoms with Crippen LogP contribution in [0.15, 0.2) is 12.7 Å². The summed E-state index contributed by atoms with van der Waals surface area (Å²) in [6.45, 7) is 22.7. The van der Waals surface area contributed by atoms with E-state index in [0.717, 1.165) is 90.0 Å². The van der Waals surface area contributed by atoms with E-state index in [1.165, 1.54) is 4.31 Å². The first-order valence-corrected chi connectivity index (χ1v) is 25.3. The van der Waals surface area contributed by atoms with Crippen LogP contribution in [0.1, 0.15) is 165 Å². The summed E-state index contributed by atoms with van der Waals surface area (Å²) in [4.78, 5) is 77.7. The van der Waals surface area contributed by atoms with Crippen molar-refractivity contribution in [2.75, 3.05) is 26.2 Å². The molecule has 13 heteroatoms. The van der Waals surface area contributed by atoms with Crippen LogP contribution >= 0.6 is 0 Å². The molecule has 3 aliphatic heterocycles. The molecular formula is C48H77N5O7S. The van der Waals surface area contributed by atoms with Gasteiger partial charge in [0.05, 0.1) is 23.5 Å². The summed E-state index contributed by atoms with van der Waals surface area (Å²) >= 11 is 0. The van der Waals surface area contributed by atoms with E-state index in [1.54, 1.807) is 11.0 Å². The number of likely N-dealkylation sites (tertiary alicyclic amines) is 2. The number of nitrogens with zero attached hydrogens (tertiary/aromatic N) is 3. The molecule has 0 aromatic carbocycles. The maximum atomic E-state index is 15.5. The third-order valence-electron chi connectivity index (χ3n) is 18.0. The Labute approximate surface area is 366 Å². The number of rotatable bonds is 15. The molecule has 12 nitrogen and oxygen atoms in total. The summed E-state index contributed by atoms with van der Waals surface area (Å²) < 4.78 is 30.1. The third-order valence-corrected chi connectivity index (χ3v) is 19.5. The highest BCUT2D eigenvalue weighted by atomic mass is 32.2. The molecule has 7 fully saturated rings. The van der Waals surface area contributed by atoms with Crippen molar-refractivity contribution in [1.29, 1.82) is 0 Å². The van der Waals surface area contributed by atoms with Gasteiger partial charge in [0.15, 0.2) is 11.6 Å². The number of carbonyl (C=O) groups excluding carboxylic acids is 5. The zero-order valence-corrected chi connectivity index (χ0v) is 39.5. The van der Waals surface area contributed by atoms with Crippen molar-refractivity contribution in [3.8, 4) is 0 Å². The monoisotopic (exact) mass is 868 g/mol. The van der Waals surface area contributed by atoms with Crippen LogP contribution in [0.25, 0.3) is 0 Å². The quantitative estimate of drug-likeness (QED) is 0.172. The van der Waals surface area contributed by atoms with Crippen LogP contribution in [0.5, 0.6) is 0 Å². The lowest BCUT2D eigenvalue weighted by atomic mass is 9.67. The summed E-state index contributed by atoms with van der Waals surface area (Å²) in [5, 5.41) is 3.32. The van der Waals surface area contributed by atoms with Crippen molar-refractivity contribution >= 4 is 39.5 Å². The molecule has 4 saturated carbocycles. The van der Waals surface area contributed by atoms with E-state index < -0.39 is 50.4 Å². The fraction of sp³-hybridized carbons (Fsp3) is 0.854. The fourth-order valence-electron chi connectivity index (χ4n) is 13.6. The van der Waals surface area contributed by atoms with Crippen LogP contribution in [0, 0.1) is 44.3 Å². The van der Waals surface area contributed by atoms with E-state index in [0.29, 0.717) is 32.5 Å². The molecule has 7 rings (SSSR count). The van der Waals surface area contributed by atoms with Crippen LogP contribution in [0.4, 0.5) is 0 Å². The Morgan fingerprint density at radius 3 is 2.00 bits per heavy atom. The van der Waals surface area contributed by atoms with Crippen LogP contribution in [0.2, 0.25) is 0 Å². The zero-order chi connectivity index (χ0) is 44.6. The average molecular weight is 868 g/mol. The number of hydrogen-bond acceptors (Lipinski definition) is 8. The first kappa shape index (κ1) is 46.4. The largest absolute Gasteiger partial charge is 0.344 e. The van der Waals surface area contributed by atoms with E-state index in [4.69, 9.17) is 0 Å². The number of nitrogens with one attached hydrogen (secondary N) is 2. The molecule has 0 radical (unpaired) electrons. The molecule has 2 N–H and O–H groups in total. The van der Waals surface area contributed by atoms with Crippen molar-refractivity contribution in [2.24, 2.45) is 44.3 Å². The van der Waals surface area contributed by atoms with Gasteiger partial charge in [0.2, 0.25) is 17.7 Å². The molecule has 342 valence electrons. The molecular weight excluding hydrogens is 791 g/mol. The number of carbonyl (C=O) groups is 5. The lowest BCUT2D eigenvalue weighted by Crippen LogP contribution is -2.59. The summed E-state index contributed by atoms with van der Waals surface area (Å²) in [5.41, 5.74) is -2.70. The predicted octanol–water partition coefficient (Wildman–Crippen LogP) is 6.73. The van der Waals surface area contributed by atoms with Crippen LogP contribution in [-0.2, 0) is 34.2 Å². The molecule has 3 amide bonds. The van der Waals surface area contributed by atoms with Gasteiger partial charge in [-0.2, -0.15) is 12.7 Å². The molecule has 61 heavy (non-hydrogen) atoms. The summed E-state index contributed by atoms with van der Waals surface area (Å²) in [6.07, 6.45) is 14.3. The van der Waals surface area contributed by atoms with E-state index in [9.17, 15) is 22.8 Å². The Morgan fingerprint density at radius 2 is 1.46 bits per heavy atom. The van der Waals surface area contributed by atoms with Crippen LogP contribution in [-0.4, -0.2) is 102 Å². The smallest absolute Gasteiger partial charge is 0.303 e. The van der Waals surface area contributed by atoms with Crippen LogP contribution in [0.3, 0.4) is 0 Å². The average Bonchev–Trinajstić information content (AvgIpc) is 3.63. The number of allylic oxidation sites excluding steroid dienone is 1. The second kappa shape index (κ2) is 16.4. The normalized spacial score (nSPS) is 32.9. The Balaban J connectivity index is 1.17. The molecule has 0 unspecified atom stereocenters. The summed E-state index contributed by atoms with van der Waals surface area (Å²) in [6, 6.07) is -1.65. The van der Waals surface area contributed by atoms with Gasteiger partial charge < -0.3 is 10.2 Å². The molecule has 0 bridgehead atoms. The second-order valence-electron chi connectivity index (χ2n) is 22.8. The zero-order valence-electron chi connectivity index (χ0n) is 38.7. The molecule has 0 aromatic heterocycles. The van der Waals surface area contributed by atoms with Gasteiger partial charge in [-0.25, -0.2) is 4.72 Å². The third kappa shape index (κ3) is 7.88. The molecule has 4 aliphatic carbocycles. The van der Waals surface area contributed by atoms with Crippen molar-refractivity contribution in [3.05, 3.63) is 12.7 Å². The fourth-order valence-corrected chi connectivity index (χ4v) is 14.9. The maximum Gasteiger partial charge on any atom is 0.303 e. The number of amides is 3. The first-order chi connectivity index (χ1) is 28.5. The lowest BCUT2D eigenvalue weighted by Gasteiger charge is -2.43. The maximum absolute atomic E-state index is 15.5. The minimum atomic E-state index is -4.07. The van der Waals surface area contributed by atoms with Crippen LogP contribution < -0.4 is 10.0 Å². The Bertz CT molecular complexity index is 1870. The highest BCUT2D eigenvalue weighted by Gasteiger charge is 2.85. The number of hydrogen-bond donors (Lipinski definition) is 2. The Kier molecular flexibility index (Phi) is 12.5. The predicted molar refractivity (Wildman–Crippen MR) is 236 cm³/mol. The topological polar surface area (TPSA) is 153 Å². The molecule has 3 saturated heterocycles. The number of ketones is 2. The van der Waals surface area contributed by atoms with Crippen molar-refractivity contribution in [3.63, 3.8) is 0 Å². The molecule has 7 aliphatic rings. The Hall–Kier alpha value is -2.64. The first-order valence-electron chi connectivity index (χ1n) is 23.9. The van der Waals surface area contributed by atoms with Crippen molar-refractivity contribution in [2.45, 2.75) is 189 Å². The van der Waals surface area contributed by atoms with E-state index in [2.05, 4.69) is 56.1 Å². The highest BCUT2D eigenvalue weighted by Crippen LogP contribution is 2.88. The van der Waals surface area contributed by atoms with E-state index in [1.807, 2.05) is 20.8 Å². The van der Waals surface area contributed by atoms with Gasteiger partial charge in [-0.05, 0) is 112 Å². The number of Topliss-reactive ketones (excluding diaryl/α,β-unsaturated/α-hetero) is 2. The van der Waals surface area contributed by atoms with Gasteiger partial charge in [-0.1, -0.05) is 79.7 Å². The Morgan fingerprint density at radius 1 is 0.820 bits per heavy atom. The van der Waals surface area contributed by atoms with Gasteiger partial charge in [0.25, 0.3) is 0 Å². The van der Waals surface area contributed by atoms with Gasteiger partial charge in [0.1, 0.15) is 0 Å². The van der Waals surface area contributed by atoms with Gasteiger partial charge >= 0.3 is 10.2 Å². The van der Waals surface area contributed by atoms with E-state index >= 15 is 9.59 Å². The summed E-state index contributed by atoms with van der Waals surface area (Å²) in [7, 11) is -4.07. The highest BCUT2D eigenvalue weighted by molar-refractivity contribution is 7.87. The second-order valence-corrected chi connectivity index (χ2v) is 24.5. The number of piperidine rings is 1. The lowest BCUT2D eigenvalue weighted by molar-refractivity contribution is -0.147. The number of fused-ring (bicyclic) bond motifs is 1. The van der Waals surface area contributed by atoms with E-state index in [-0.39, 0.29) is 70.5 Å². The summed E-state index contributed by atoms with van der Waals surface area (Å²) in [5.74, 6) is -2.50. The van der Waals surface area contributed by atoms with Crippen molar-refractivity contribution in [1.82, 2.24) is 24.1 Å². The molecule has 2 spiro atoms. The molecule has 7 atom stereocenters. The van der Waals surface area contributed by atoms with Gasteiger partial charge in [-0.3, -0.25) is 28.9 Å². The standard InChI is InChI=1S/C48H77N5O7S/c1-10-33-28-46(33,42(58)50-61(59,60)51-24-16-17-25-51)30-38(55)36-29-48(44(7,8)47(48)22-18-23-47)31-53(36)41(57)34(43(4,5)6)27-37(54)39(45(9)20-13-11-14-21-45)49-40(56)35-19-12-15-26-52(35)32(2)3/h10,32-36,39H,1,11-31H2,2-9H3,(H,49,56)(H,50,58)/t33-,34-,35+,36+,39-,46-,48-/m1/s1. The minimum Gasteiger partial charge on any atom is -0.344 e. The SMILES string of the molecule is C=C[C@@H]1C[C@]1(CC(=O)[C@@H]1C[C@@]2(CN1C(=O)[C@@H](CC(=O)[C@@H](NC(=O)[C@@H]1CCCCN1C(C)C)C1(C)CCCCC1)C(C)(C)C)C(C)(C)C21CCC1)C(=O)NS(=O)(=O)N1CCCC1. The van der Waals surface area contributed by atoms with Gasteiger partial charge in [0, 0.05) is 49.9 Å². The molecule has 3 heterocycles. The molecule has 0 aromatic rings. The van der Waals surface area contributed by atoms with Crippen molar-refractivity contribution < 1.29 is 32.4 Å².